The first kappa shape index (κ1) is 24.1. The molecule has 3 rings (SSSR count). The molecule has 0 aliphatic heterocycles. The van der Waals surface area contributed by atoms with Gasteiger partial charge in [-0.25, -0.2) is 10.2 Å². The van der Waals surface area contributed by atoms with E-state index in [1.165, 1.54) is 19.4 Å². The van der Waals surface area contributed by atoms with E-state index < -0.39 is 11.9 Å². The minimum absolute atomic E-state index is 0.176. The van der Waals surface area contributed by atoms with E-state index in [1.54, 1.807) is 67.8 Å². The summed E-state index contributed by atoms with van der Waals surface area (Å²) in [5.41, 5.74) is 3.98. The Bertz CT molecular complexity index is 1160. The van der Waals surface area contributed by atoms with Crippen LogP contribution in [-0.4, -0.2) is 44.0 Å². The average molecular weight is 464 g/mol. The Hall–Kier alpha value is -4.53. The second-order valence-corrected chi connectivity index (χ2v) is 6.96. The van der Waals surface area contributed by atoms with E-state index in [0.717, 1.165) is 0 Å². The van der Waals surface area contributed by atoms with E-state index in [0.29, 0.717) is 34.1 Å². The molecule has 0 fully saturated rings. The van der Waals surface area contributed by atoms with Crippen LogP contribution < -0.4 is 24.4 Å². The van der Waals surface area contributed by atoms with Crippen LogP contribution >= 0.6 is 0 Å². The Morgan fingerprint density at radius 2 is 1.68 bits per heavy atom. The van der Waals surface area contributed by atoms with Gasteiger partial charge < -0.3 is 24.1 Å². The van der Waals surface area contributed by atoms with Gasteiger partial charge in [-0.15, -0.1) is 0 Å². The zero-order valence-electron chi connectivity index (χ0n) is 18.7. The van der Waals surface area contributed by atoms with Crippen LogP contribution in [-0.2, 0) is 11.4 Å². The molecule has 3 aromatic carbocycles. The lowest BCUT2D eigenvalue weighted by Crippen LogP contribution is -2.24. The number of carboxylic acids is 1. The first-order chi connectivity index (χ1) is 16.5. The third kappa shape index (κ3) is 6.99. The molecule has 176 valence electrons. The fourth-order valence-corrected chi connectivity index (χ4v) is 2.87. The molecule has 0 bridgehead atoms. The monoisotopic (exact) mass is 464 g/mol. The molecule has 0 aliphatic rings. The van der Waals surface area contributed by atoms with Gasteiger partial charge >= 0.3 is 5.97 Å². The maximum absolute atomic E-state index is 11.9. The summed E-state index contributed by atoms with van der Waals surface area (Å²) in [5.74, 6) is 0.769. The smallest absolute Gasteiger partial charge is 0.335 e. The molecule has 0 aromatic heterocycles. The van der Waals surface area contributed by atoms with Gasteiger partial charge in [0.2, 0.25) is 0 Å². The van der Waals surface area contributed by atoms with Gasteiger partial charge in [0.1, 0.15) is 18.1 Å². The molecule has 9 nitrogen and oxygen atoms in total. The van der Waals surface area contributed by atoms with Gasteiger partial charge in [-0.2, -0.15) is 5.10 Å². The normalized spacial score (nSPS) is 10.5. The van der Waals surface area contributed by atoms with Gasteiger partial charge in [0.25, 0.3) is 5.91 Å². The fraction of sp³-hybridized carbons (Fsp3) is 0.160. The quantitative estimate of drug-likeness (QED) is 0.330. The Kier molecular flexibility index (Phi) is 8.45. The molecule has 0 aliphatic carbocycles. The molecule has 0 atom stereocenters. The van der Waals surface area contributed by atoms with Crippen LogP contribution in [0.2, 0.25) is 0 Å². The summed E-state index contributed by atoms with van der Waals surface area (Å²) in [6.45, 7) is -0.0159. The zero-order valence-corrected chi connectivity index (χ0v) is 18.7. The van der Waals surface area contributed by atoms with E-state index in [9.17, 15) is 9.59 Å². The summed E-state index contributed by atoms with van der Waals surface area (Å²) in [6.07, 6.45) is 1.47. The summed E-state index contributed by atoms with van der Waals surface area (Å²) >= 11 is 0. The van der Waals surface area contributed by atoms with Gasteiger partial charge in [-0.05, 0) is 65.7 Å². The van der Waals surface area contributed by atoms with Crippen molar-refractivity contribution < 1.29 is 33.6 Å². The second kappa shape index (κ2) is 11.9. The summed E-state index contributed by atoms with van der Waals surface area (Å²) in [4.78, 5) is 23.0. The average Bonchev–Trinajstić information content (AvgIpc) is 2.87. The largest absolute Gasteiger partial charge is 0.497 e. The van der Waals surface area contributed by atoms with E-state index in [-0.39, 0.29) is 18.8 Å². The van der Waals surface area contributed by atoms with Crippen molar-refractivity contribution in [2.75, 3.05) is 20.8 Å². The van der Waals surface area contributed by atoms with Crippen molar-refractivity contribution in [3.63, 3.8) is 0 Å². The van der Waals surface area contributed by atoms with E-state index >= 15 is 0 Å². The molecule has 0 unspecified atom stereocenters. The van der Waals surface area contributed by atoms with Crippen LogP contribution in [0.4, 0.5) is 0 Å². The number of carboxylic acid groups (broad SMARTS) is 1. The summed E-state index contributed by atoms with van der Waals surface area (Å²) in [7, 11) is 3.08. The van der Waals surface area contributed by atoms with E-state index in [4.69, 9.17) is 24.1 Å². The number of benzene rings is 3. The highest BCUT2D eigenvalue weighted by Gasteiger charge is 2.08. The lowest BCUT2D eigenvalue weighted by atomic mass is 10.1. The predicted molar refractivity (Wildman–Crippen MR) is 125 cm³/mol. The fourth-order valence-electron chi connectivity index (χ4n) is 2.87. The van der Waals surface area contributed by atoms with Gasteiger partial charge in [0, 0.05) is 0 Å². The maximum atomic E-state index is 11.9. The van der Waals surface area contributed by atoms with Crippen molar-refractivity contribution in [2.45, 2.75) is 6.61 Å². The van der Waals surface area contributed by atoms with Crippen LogP contribution in [0.15, 0.2) is 71.8 Å². The lowest BCUT2D eigenvalue weighted by molar-refractivity contribution is -0.123. The number of hydrogen-bond acceptors (Lipinski definition) is 7. The first-order valence-electron chi connectivity index (χ1n) is 10.2. The number of ether oxygens (including phenoxy) is 4. The molecule has 0 spiro atoms. The molecule has 9 heteroatoms. The predicted octanol–water partition coefficient (Wildman–Crippen LogP) is 3.51. The SMILES string of the molecule is COc1ccc(OCC(=O)N/N=C/c2ccc(OCc3cccc(C(=O)O)c3)c(OC)c2)cc1. The minimum atomic E-state index is -0.998. The van der Waals surface area contributed by atoms with E-state index in [1.807, 2.05) is 0 Å². The van der Waals surface area contributed by atoms with Crippen molar-refractivity contribution in [3.05, 3.63) is 83.4 Å². The number of nitrogens with zero attached hydrogens (tertiary/aromatic N) is 1. The molecule has 0 heterocycles. The number of methoxy groups -OCH3 is 2. The van der Waals surface area contributed by atoms with Crippen molar-refractivity contribution in [1.82, 2.24) is 5.43 Å². The number of aromatic carboxylic acids is 1. The van der Waals surface area contributed by atoms with Crippen molar-refractivity contribution >= 4 is 18.1 Å². The Labute approximate surface area is 196 Å². The van der Waals surface area contributed by atoms with Crippen molar-refractivity contribution in [1.29, 1.82) is 0 Å². The van der Waals surface area contributed by atoms with Gasteiger partial charge in [-0.1, -0.05) is 12.1 Å². The molecule has 2 N–H and O–H groups in total. The highest BCUT2D eigenvalue weighted by atomic mass is 16.5. The first-order valence-corrected chi connectivity index (χ1v) is 10.2. The Morgan fingerprint density at radius 3 is 2.38 bits per heavy atom. The summed E-state index contributed by atoms with van der Waals surface area (Å²) in [5, 5.41) is 13.0. The topological polar surface area (TPSA) is 116 Å². The number of carbonyl (C=O) groups excluding carboxylic acids is 1. The molecule has 34 heavy (non-hydrogen) atoms. The molecule has 3 aromatic rings. The van der Waals surface area contributed by atoms with Gasteiger partial charge in [-0.3, -0.25) is 4.79 Å². The second-order valence-electron chi connectivity index (χ2n) is 6.96. The highest BCUT2D eigenvalue weighted by Crippen LogP contribution is 2.28. The number of nitrogens with one attached hydrogen (secondary N) is 1. The zero-order chi connectivity index (χ0) is 24.3. The minimum Gasteiger partial charge on any atom is -0.497 e. The molecular formula is C25H24N2O7. The Balaban J connectivity index is 1.52. The van der Waals surface area contributed by atoms with Crippen LogP contribution in [0.25, 0.3) is 0 Å². The number of carbonyl (C=O) groups is 2. The van der Waals surface area contributed by atoms with Crippen LogP contribution in [0.3, 0.4) is 0 Å². The van der Waals surface area contributed by atoms with Crippen LogP contribution in [0.5, 0.6) is 23.0 Å². The molecule has 0 saturated carbocycles. The van der Waals surface area contributed by atoms with Crippen LogP contribution in [0.1, 0.15) is 21.5 Å². The lowest BCUT2D eigenvalue weighted by Gasteiger charge is -2.11. The number of amides is 1. The molecule has 1 amide bonds. The van der Waals surface area contributed by atoms with Crippen molar-refractivity contribution in [2.24, 2.45) is 5.10 Å². The maximum Gasteiger partial charge on any atom is 0.335 e. The van der Waals surface area contributed by atoms with E-state index in [2.05, 4.69) is 10.5 Å². The van der Waals surface area contributed by atoms with Crippen LogP contribution in [0, 0.1) is 0 Å². The number of hydrogen-bond donors (Lipinski definition) is 2. The third-order valence-corrected chi connectivity index (χ3v) is 4.59. The van der Waals surface area contributed by atoms with Gasteiger partial charge in [0.05, 0.1) is 26.0 Å². The highest BCUT2D eigenvalue weighted by molar-refractivity contribution is 5.87. The number of hydrazone groups is 1. The van der Waals surface area contributed by atoms with Gasteiger partial charge in [0.15, 0.2) is 18.1 Å². The Morgan fingerprint density at radius 1 is 0.912 bits per heavy atom. The molecular weight excluding hydrogens is 440 g/mol. The standard InChI is InChI=1S/C25H24N2O7/c1-31-20-7-9-21(10-8-20)33-16-24(28)27-26-14-17-6-11-22(23(13-17)32-2)34-15-18-4-3-5-19(12-18)25(29)30/h3-14H,15-16H2,1-2H3,(H,27,28)(H,29,30)/b26-14+. The summed E-state index contributed by atoms with van der Waals surface area (Å²) in [6, 6.07) is 18.5. The molecule has 0 radical (unpaired) electrons. The summed E-state index contributed by atoms with van der Waals surface area (Å²) < 4.78 is 21.6. The van der Waals surface area contributed by atoms with Crippen molar-refractivity contribution in [3.8, 4) is 23.0 Å². The third-order valence-electron chi connectivity index (χ3n) is 4.59. The molecule has 0 saturated heterocycles. The number of rotatable bonds is 11.